The molecule has 6 heteroatoms. The summed E-state index contributed by atoms with van der Waals surface area (Å²) in [5, 5.41) is 5.71. The molecule has 126 valence electrons. The van der Waals surface area contributed by atoms with Gasteiger partial charge in [-0.2, -0.15) is 0 Å². The van der Waals surface area contributed by atoms with Crippen LogP contribution in [0.5, 0.6) is 0 Å². The van der Waals surface area contributed by atoms with Crippen LogP contribution in [0.3, 0.4) is 0 Å². The molecule has 0 aliphatic heterocycles. The van der Waals surface area contributed by atoms with E-state index in [0.29, 0.717) is 5.56 Å². The van der Waals surface area contributed by atoms with Crippen molar-refractivity contribution in [2.24, 2.45) is 0 Å². The quantitative estimate of drug-likeness (QED) is 0.702. The van der Waals surface area contributed by atoms with Gasteiger partial charge in [-0.15, -0.1) is 11.8 Å². The van der Waals surface area contributed by atoms with Gasteiger partial charge in [-0.05, 0) is 50.2 Å². The standard InChI is InChI=1S/C18H19BrN2O2S/c1-12(2)20-17(22)11-24-16-6-4-3-5-15(16)18(23)21-14-9-7-13(19)8-10-14/h3-10,12H,11H2,1-2H3,(H,20,22)(H,21,23). The summed E-state index contributed by atoms with van der Waals surface area (Å²) < 4.78 is 0.951. The highest BCUT2D eigenvalue weighted by Crippen LogP contribution is 2.24. The van der Waals surface area contributed by atoms with E-state index in [2.05, 4.69) is 26.6 Å². The number of carbonyl (C=O) groups is 2. The lowest BCUT2D eigenvalue weighted by Crippen LogP contribution is -2.31. The van der Waals surface area contributed by atoms with Gasteiger partial charge in [-0.3, -0.25) is 9.59 Å². The van der Waals surface area contributed by atoms with E-state index in [1.165, 1.54) is 11.8 Å². The number of amides is 2. The fourth-order valence-corrected chi connectivity index (χ4v) is 3.14. The van der Waals surface area contributed by atoms with Gasteiger partial charge in [-0.25, -0.2) is 0 Å². The number of halogens is 1. The Morgan fingerprint density at radius 2 is 1.75 bits per heavy atom. The van der Waals surface area contributed by atoms with Crippen molar-refractivity contribution in [2.45, 2.75) is 24.8 Å². The third-order valence-corrected chi connectivity index (χ3v) is 4.64. The van der Waals surface area contributed by atoms with Crippen LogP contribution in [0.15, 0.2) is 57.9 Å². The molecule has 0 spiro atoms. The van der Waals surface area contributed by atoms with Crippen LogP contribution in [-0.4, -0.2) is 23.6 Å². The first-order chi connectivity index (χ1) is 11.5. The molecular weight excluding hydrogens is 388 g/mol. The van der Waals surface area contributed by atoms with E-state index >= 15 is 0 Å². The summed E-state index contributed by atoms with van der Waals surface area (Å²) in [6.07, 6.45) is 0. The minimum Gasteiger partial charge on any atom is -0.353 e. The summed E-state index contributed by atoms with van der Waals surface area (Å²) in [6.45, 7) is 3.84. The van der Waals surface area contributed by atoms with Gasteiger partial charge in [0.05, 0.1) is 11.3 Å². The number of hydrogen-bond donors (Lipinski definition) is 2. The van der Waals surface area contributed by atoms with Crippen molar-refractivity contribution in [2.75, 3.05) is 11.1 Å². The first-order valence-corrected chi connectivity index (χ1v) is 9.31. The van der Waals surface area contributed by atoms with Crippen LogP contribution < -0.4 is 10.6 Å². The highest BCUT2D eigenvalue weighted by molar-refractivity contribution is 9.10. The largest absolute Gasteiger partial charge is 0.353 e. The van der Waals surface area contributed by atoms with Gasteiger partial charge in [-0.1, -0.05) is 28.1 Å². The number of hydrogen-bond acceptors (Lipinski definition) is 3. The summed E-state index contributed by atoms with van der Waals surface area (Å²) in [6, 6.07) is 14.8. The van der Waals surface area contributed by atoms with Crippen molar-refractivity contribution in [1.29, 1.82) is 0 Å². The number of nitrogens with one attached hydrogen (secondary N) is 2. The van der Waals surface area contributed by atoms with E-state index in [-0.39, 0.29) is 23.6 Å². The number of benzene rings is 2. The van der Waals surface area contributed by atoms with Crippen molar-refractivity contribution in [1.82, 2.24) is 5.32 Å². The van der Waals surface area contributed by atoms with Crippen LogP contribution in [0.1, 0.15) is 24.2 Å². The summed E-state index contributed by atoms with van der Waals surface area (Å²) in [7, 11) is 0. The summed E-state index contributed by atoms with van der Waals surface area (Å²) in [4.78, 5) is 25.1. The number of rotatable bonds is 6. The monoisotopic (exact) mass is 406 g/mol. The Morgan fingerprint density at radius 1 is 1.08 bits per heavy atom. The molecule has 2 aromatic carbocycles. The molecule has 2 amide bonds. The predicted molar refractivity (Wildman–Crippen MR) is 103 cm³/mol. The Hall–Kier alpha value is -1.79. The second-order valence-corrected chi connectivity index (χ2v) is 7.40. The molecule has 0 bridgehead atoms. The molecule has 2 rings (SSSR count). The fraction of sp³-hybridized carbons (Fsp3) is 0.222. The highest BCUT2D eigenvalue weighted by atomic mass is 79.9. The van der Waals surface area contributed by atoms with Crippen LogP contribution in [0.25, 0.3) is 0 Å². The fourth-order valence-electron chi connectivity index (χ4n) is 2.02. The molecule has 0 aliphatic rings. The highest BCUT2D eigenvalue weighted by Gasteiger charge is 2.13. The topological polar surface area (TPSA) is 58.2 Å². The Morgan fingerprint density at radius 3 is 2.42 bits per heavy atom. The second-order valence-electron chi connectivity index (χ2n) is 5.47. The minimum absolute atomic E-state index is 0.0434. The molecular formula is C18H19BrN2O2S. The molecule has 0 fully saturated rings. The van der Waals surface area contributed by atoms with Gasteiger partial charge in [0.25, 0.3) is 5.91 Å². The smallest absolute Gasteiger partial charge is 0.256 e. The molecule has 2 N–H and O–H groups in total. The number of thioether (sulfide) groups is 1. The lowest BCUT2D eigenvalue weighted by atomic mass is 10.2. The van der Waals surface area contributed by atoms with Crippen LogP contribution in [-0.2, 0) is 4.79 Å². The molecule has 0 aromatic heterocycles. The Bertz CT molecular complexity index is 717. The third-order valence-electron chi connectivity index (χ3n) is 3.04. The Balaban J connectivity index is 2.05. The van der Waals surface area contributed by atoms with Gasteiger partial charge in [0, 0.05) is 21.1 Å². The first kappa shape index (κ1) is 18.5. The normalized spacial score (nSPS) is 10.5. The number of anilines is 1. The van der Waals surface area contributed by atoms with Crippen molar-refractivity contribution in [3.63, 3.8) is 0 Å². The van der Waals surface area contributed by atoms with Crippen molar-refractivity contribution >= 4 is 45.2 Å². The lowest BCUT2D eigenvalue weighted by molar-refractivity contribution is -0.119. The zero-order valence-electron chi connectivity index (χ0n) is 13.5. The summed E-state index contributed by atoms with van der Waals surface area (Å²) >= 11 is 4.72. The first-order valence-electron chi connectivity index (χ1n) is 7.54. The van der Waals surface area contributed by atoms with Crippen molar-refractivity contribution in [3.05, 3.63) is 58.6 Å². The van der Waals surface area contributed by atoms with E-state index < -0.39 is 0 Å². The molecule has 24 heavy (non-hydrogen) atoms. The van der Waals surface area contributed by atoms with E-state index in [1.807, 2.05) is 56.3 Å². The molecule has 4 nitrogen and oxygen atoms in total. The molecule has 0 radical (unpaired) electrons. The predicted octanol–water partition coefficient (Wildman–Crippen LogP) is 4.32. The third kappa shape index (κ3) is 5.69. The van der Waals surface area contributed by atoms with Gasteiger partial charge < -0.3 is 10.6 Å². The van der Waals surface area contributed by atoms with E-state index in [4.69, 9.17) is 0 Å². The molecule has 0 heterocycles. The number of carbonyl (C=O) groups excluding carboxylic acids is 2. The zero-order chi connectivity index (χ0) is 17.5. The Labute approximate surface area is 154 Å². The minimum atomic E-state index is -0.190. The van der Waals surface area contributed by atoms with Gasteiger partial charge in [0.2, 0.25) is 5.91 Å². The molecule has 0 aliphatic carbocycles. The van der Waals surface area contributed by atoms with Gasteiger partial charge >= 0.3 is 0 Å². The summed E-state index contributed by atoms with van der Waals surface area (Å²) in [5.74, 6) is 0.0450. The van der Waals surface area contributed by atoms with Crippen LogP contribution in [0.2, 0.25) is 0 Å². The average Bonchev–Trinajstić information content (AvgIpc) is 2.54. The lowest BCUT2D eigenvalue weighted by Gasteiger charge is -2.11. The van der Waals surface area contributed by atoms with E-state index in [1.54, 1.807) is 6.07 Å². The molecule has 2 aromatic rings. The van der Waals surface area contributed by atoms with Crippen LogP contribution in [0.4, 0.5) is 5.69 Å². The maximum Gasteiger partial charge on any atom is 0.256 e. The van der Waals surface area contributed by atoms with Crippen molar-refractivity contribution in [3.8, 4) is 0 Å². The van der Waals surface area contributed by atoms with Gasteiger partial charge in [0.1, 0.15) is 0 Å². The van der Waals surface area contributed by atoms with E-state index in [9.17, 15) is 9.59 Å². The van der Waals surface area contributed by atoms with Gasteiger partial charge in [0.15, 0.2) is 0 Å². The second kappa shape index (κ2) is 8.89. The maximum absolute atomic E-state index is 12.5. The molecule has 0 saturated carbocycles. The molecule has 0 saturated heterocycles. The molecule has 0 unspecified atom stereocenters. The SMILES string of the molecule is CC(C)NC(=O)CSc1ccccc1C(=O)Nc1ccc(Br)cc1. The summed E-state index contributed by atoms with van der Waals surface area (Å²) in [5.41, 5.74) is 1.28. The Kier molecular flexibility index (Phi) is 6.87. The maximum atomic E-state index is 12.5. The van der Waals surface area contributed by atoms with E-state index in [0.717, 1.165) is 15.1 Å². The average molecular weight is 407 g/mol. The van der Waals surface area contributed by atoms with Crippen molar-refractivity contribution < 1.29 is 9.59 Å². The van der Waals surface area contributed by atoms with Crippen LogP contribution >= 0.6 is 27.7 Å². The molecule has 0 atom stereocenters. The van der Waals surface area contributed by atoms with Crippen LogP contribution in [0, 0.1) is 0 Å². The zero-order valence-corrected chi connectivity index (χ0v) is 15.9.